The van der Waals surface area contributed by atoms with Gasteiger partial charge in [0.1, 0.15) is 0 Å². The normalized spacial score (nSPS) is 16.4. The average Bonchev–Trinajstić information content (AvgIpc) is 2.80. The second kappa shape index (κ2) is 15.7. The van der Waals surface area contributed by atoms with Crippen molar-refractivity contribution in [3.63, 3.8) is 0 Å². The van der Waals surface area contributed by atoms with Crippen LogP contribution in [0.1, 0.15) is 79.1 Å². The number of hydrogen-bond donors (Lipinski definition) is 2. The summed E-state index contributed by atoms with van der Waals surface area (Å²) in [6, 6.07) is 0. The van der Waals surface area contributed by atoms with Crippen LogP contribution in [0.4, 0.5) is 0 Å². The van der Waals surface area contributed by atoms with E-state index < -0.39 is 10.4 Å². The van der Waals surface area contributed by atoms with Crippen molar-refractivity contribution < 1.29 is 17.5 Å². The molecule has 1 atom stereocenters. The quantitative estimate of drug-likeness (QED) is 0.484. The Labute approximate surface area is 149 Å². The van der Waals surface area contributed by atoms with Gasteiger partial charge >= 0.3 is 10.4 Å². The van der Waals surface area contributed by atoms with Gasteiger partial charge in [-0.05, 0) is 13.3 Å². The van der Waals surface area contributed by atoms with E-state index in [4.69, 9.17) is 17.5 Å². The van der Waals surface area contributed by atoms with Gasteiger partial charge in [0.15, 0.2) is 0 Å². The Morgan fingerprint density at radius 3 is 1.58 bits per heavy atom. The molecule has 0 aliphatic carbocycles. The molecule has 0 spiro atoms. The first-order chi connectivity index (χ1) is 11.2. The Bertz CT molecular complexity index is 385. The third-order valence-corrected chi connectivity index (χ3v) is 3.79. The highest BCUT2D eigenvalue weighted by Crippen LogP contribution is 2.13. The van der Waals surface area contributed by atoms with Crippen molar-refractivity contribution in [3.8, 4) is 0 Å². The van der Waals surface area contributed by atoms with E-state index in [1.165, 1.54) is 57.9 Å². The maximum Gasteiger partial charge on any atom is 0.394 e. The van der Waals surface area contributed by atoms with Gasteiger partial charge in [-0.2, -0.15) is 8.42 Å². The van der Waals surface area contributed by atoms with Gasteiger partial charge in [0.2, 0.25) is 0 Å². The van der Waals surface area contributed by atoms with E-state index in [-0.39, 0.29) is 0 Å². The van der Waals surface area contributed by atoms with Crippen molar-refractivity contribution in [2.75, 3.05) is 13.6 Å². The molecule has 1 unspecified atom stereocenters. The molecule has 1 aliphatic heterocycles. The van der Waals surface area contributed by atoms with Gasteiger partial charge in [-0.25, -0.2) is 0 Å². The van der Waals surface area contributed by atoms with Crippen molar-refractivity contribution in [1.82, 2.24) is 9.80 Å². The minimum atomic E-state index is -4.67. The molecule has 0 aromatic carbocycles. The van der Waals surface area contributed by atoms with Gasteiger partial charge in [0.25, 0.3) is 0 Å². The molecule has 0 bridgehead atoms. The molecule has 0 aromatic heterocycles. The molecular formula is C17H38N2O4S. The standard InChI is InChI=1S/C9H18N2.C8H18.H2O4S/c1-4-5-6-11-8-7-10(3)9(11)2;1-3-5-7-8-6-4-2;1-5(2,3)4/h7-9H,4-6H2,1-3H3;3-8H2,1-2H3;(H2,1,2,3,4). The predicted molar refractivity (Wildman–Crippen MR) is 101 cm³/mol. The lowest BCUT2D eigenvalue weighted by molar-refractivity contribution is 0.193. The smallest absolute Gasteiger partial charge is 0.359 e. The minimum Gasteiger partial charge on any atom is -0.359 e. The van der Waals surface area contributed by atoms with E-state index in [1.54, 1.807) is 0 Å². The second-order valence-electron chi connectivity index (χ2n) is 6.05. The summed E-state index contributed by atoms with van der Waals surface area (Å²) in [5, 5.41) is 0. The Morgan fingerprint density at radius 1 is 0.875 bits per heavy atom. The molecule has 1 heterocycles. The van der Waals surface area contributed by atoms with Crippen LogP contribution >= 0.6 is 0 Å². The van der Waals surface area contributed by atoms with E-state index in [0.717, 1.165) is 0 Å². The summed E-state index contributed by atoms with van der Waals surface area (Å²) in [7, 11) is -2.55. The van der Waals surface area contributed by atoms with E-state index in [2.05, 4.69) is 56.9 Å². The van der Waals surface area contributed by atoms with Crippen molar-refractivity contribution in [1.29, 1.82) is 0 Å². The second-order valence-corrected chi connectivity index (χ2v) is 6.94. The van der Waals surface area contributed by atoms with E-state index in [0.29, 0.717) is 6.17 Å². The summed E-state index contributed by atoms with van der Waals surface area (Å²) in [4.78, 5) is 4.61. The van der Waals surface area contributed by atoms with Crippen LogP contribution in [0.15, 0.2) is 12.4 Å². The van der Waals surface area contributed by atoms with Gasteiger partial charge in [0, 0.05) is 26.0 Å². The highest BCUT2D eigenvalue weighted by atomic mass is 32.3. The molecule has 0 aromatic rings. The highest BCUT2D eigenvalue weighted by Gasteiger charge is 2.16. The van der Waals surface area contributed by atoms with Crippen LogP contribution < -0.4 is 0 Å². The fraction of sp³-hybridized carbons (Fsp3) is 0.882. The van der Waals surface area contributed by atoms with Crippen LogP contribution in [-0.4, -0.2) is 47.1 Å². The van der Waals surface area contributed by atoms with Gasteiger partial charge < -0.3 is 9.80 Å². The minimum absolute atomic E-state index is 0.557. The van der Waals surface area contributed by atoms with Crippen LogP contribution in [-0.2, 0) is 10.4 Å². The van der Waals surface area contributed by atoms with Gasteiger partial charge in [-0.1, -0.05) is 65.7 Å². The largest absolute Gasteiger partial charge is 0.394 e. The Morgan fingerprint density at radius 2 is 1.29 bits per heavy atom. The number of rotatable bonds is 8. The van der Waals surface area contributed by atoms with Crippen LogP contribution in [0, 0.1) is 0 Å². The summed E-state index contributed by atoms with van der Waals surface area (Å²) in [5.41, 5.74) is 0. The lowest BCUT2D eigenvalue weighted by Crippen LogP contribution is -2.33. The van der Waals surface area contributed by atoms with Crippen molar-refractivity contribution in [2.24, 2.45) is 0 Å². The molecule has 7 heteroatoms. The SMILES string of the molecule is CCCCCCCC.CCCCN1C=CN(C)C1C.O=S(=O)(O)O. The fourth-order valence-electron chi connectivity index (χ4n) is 2.13. The first-order valence-electron chi connectivity index (χ1n) is 9.03. The lowest BCUT2D eigenvalue weighted by Gasteiger charge is -2.26. The van der Waals surface area contributed by atoms with Crippen LogP contribution in [0.5, 0.6) is 0 Å². The van der Waals surface area contributed by atoms with Crippen molar-refractivity contribution >= 4 is 10.4 Å². The first-order valence-corrected chi connectivity index (χ1v) is 10.4. The molecule has 1 aliphatic rings. The Hall–Kier alpha value is -0.790. The van der Waals surface area contributed by atoms with E-state index in [9.17, 15) is 0 Å². The molecule has 0 saturated heterocycles. The Kier molecular flexibility index (Phi) is 16.7. The summed E-state index contributed by atoms with van der Waals surface area (Å²) in [6.07, 6.45) is 15.9. The maximum absolute atomic E-state index is 8.74. The zero-order valence-corrected chi connectivity index (χ0v) is 16.9. The summed E-state index contributed by atoms with van der Waals surface area (Å²) in [6.45, 7) is 10.2. The van der Waals surface area contributed by atoms with Gasteiger partial charge in [-0.15, -0.1) is 0 Å². The zero-order valence-electron chi connectivity index (χ0n) is 16.1. The van der Waals surface area contributed by atoms with Gasteiger partial charge in [0.05, 0.1) is 6.17 Å². The number of nitrogens with zero attached hydrogens (tertiary/aromatic N) is 2. The van der Waals surface area contributed by atoms with Crippen LogP contribution in [0.25, 0.3) is 0 Å². The predicted octanol–water partition coefficient (Wildman–Crippen LogP) is 4.57. The third-order valence-electron chi connectivity index (χ3n) is 3.79. The number of unbranched alkanes of at least 4 members (excludes halogenated alkanes) is 6. The monoisotopic (exact) mass is 366 g/mol. The van der Waals surface area contributed by atoms with Crippen LogP contribution in [0.3, 0.4) is 0 Å². The third kappa shape index (κ3) is 19.3. The summed E-state index contributed by atoms with van der Waals surface area (Å²) in [5.74, 6) is 0. The molecule has 24 heavy (non-hydrogen) atoms. The molecule has 0 radical (unpaired) electrons. The zero-order chi connectivity index (χ0) is 19.0. The van der Waals surface area contributed by atoms with Crippen molar-refractivity contribution in [2.45, 2.75) is 85.2 Å². The molecular weight excluding hydrogens is 328 g/mol. The highest BCUT2D eigenvalue weighted by molar-refractivity contribution is 7.79. The van der Waals surface area contributed by atoms with E-state index in [1.807, 2.05) is 0 Å². The molecule has 0 fully saturated rings. The first kappa shape index (κ1) is 25.5. The molecule has 146 valence electrons. The average molecular weight is 367 g/mol. The molecule has 2 N–H and O–H groups in total. The fourth-order valence-corrected chi connectivity index (χ4v) is 2.13. The molecule has 6 nitrogen and oxygen atoms in total. The number of hydrogen-bond acceptors (Lipinski definition) is 4. The van der Waals surface area contributed by atoms with Gasteiger partial charge in [-0.3, -0.25) is 9.11 Å². The topological polar surface area (TPSA) is 81.1 Å². The molecule has 0 saturated carbocycles. The lowest BCUT2D eigenvalue weighted by atomic mass is 10.1. The summed E-state index contributed by atoms with van der Waals surface area (Å²) >= 11 is 0. The van der Waals surface area contributed by atoms with E-state index >= 15 is 0 Å². The molecule has 0 amide bonds. The summed E-state index contributed by atoms with van der Waals surface area (Å²) < 4.78 is 31.6. The van der Waals surface area contributed by atoms with Crippen molar-refractivity contribution in [3.05, 3.63) is 12.4 Å². The molecule has 1 rings (SSSR count). The Balaban J connectivity index is 0. The maximum atomic E-state index is 8.74. The van der Waals surface area contributed by atoms with Crippen LogP contribution in [0.2, 0.25) is 0 Å².